The normalized spacial score (nSPS) is 12.4. The molecule has 1 heterocycles. The maximum absolute atomic E-state index is 5.54. The van der Waals surface area contributed by atoms with Crippen LogP contribution in [0.15, 0.2) is 18.3 Å². The molecule has 1 aromatic rings. The van der Waals surface area contributed by atoms with E-state index in [2.05, 4.69) is 31.1 Å². The molecule has 0 aliphatic heterocycles. The van der Waals surface area contributed by atoms with Crippen LogP contribution in [-0.2, 0) is 4.74 Å². The second-order valence-corrected chi connectivity index (χ2v) is 4.16. The molecule has 102 valence electrons. The number of rotatable bonds is 9. The Hall–Kier alpha value is -1.13. The maximum Gasteiger partial charge on any atom is 0.137 e. The lowest BCUT2D eigenvalue weighted by atomic mass is 10.2. The van der Waals surface area contributed by atoms with E-state index in [0.717, 1.165) is 31.0 Å². The van der Waals surface area contributed by atoms with Crippen molar-refractivity contribution in [3.63, 3.8) is 0 Å². The molecule has 0 bridgehead atoms. The molecule has 0 aromatic carbocycles. The van der Waals surface area contributed by atoms with E-state index in [-0.39, 0.29) is 6.04 Å². The number of aromatic nitrogens is 1. The van der Waals surface area contributed by atoms with Gasteiger partial charge in [-0.3, -0.25) is 4.98 Å². The second kappa shape index (κ2) is 8.89. The quantitative estimate of drug-likeness (QED) is 0.686. The van der Waals surface area contributed by atoms with E-state index < -0.39 is 0 Å². The Kier molecular flexibility index (Phi) is 7.37. The molecule has 0 aliphatic rings. The standard InChI is InChI=1S/C14H24N2O2/c1-4-8-17-9-10-18-13-6-7-14(16-11-13)12(3)15-5-2/h6-7,11-12,15H,4-5,8-10H2,1-3H3. The van der Waals surface area contributed by atoms with E-state index in [1.165, 1.54) is 0 Å². The smallest absolute Gasteiger partial charge is 0.137 e. The molecule has 0 fully saturated rings. The van der Waals surface area contributed by atoms with Gasteiger partial charge in [-0.05, 0) is 32.0 Å². The number of hydrogen-bond acceptors (Lipinski definition) is 4. The Morgan fingerprint density at radius 2 is 2.06 bits per heavy atom. The summed E-state index contributed by atoms with van der Waals surface area (Å²) in [6, 6.07) is 4.22. The third-order valence-corrected chi connectivity index (χ3v) is 2.56. The summed E-state index contributed by atoms with van der Waals surface area (Å²) in [5.41, 5.74) is 1.03. The van der Waals surface area contributed by atoms with Gasteiger partial charge in [0, 0.05) is 12.6 Å². The largest absolute Gasteiger partial charge is 0.490 e. The average molecular weight is 252 g/mol. The van der Waals surface area contributed by atoms with Crippen molar-refractivity contribution >= 4 is 0 Å². The minimum Gasteiger partial charge on any atom is -0.490 e. The molecule has 0 spiro atoms. The average Bonchev–Trinajstić information content (AvgIpc) is 2.39. The van der Waals surface area contributed by atoms with Crippen molar-refractivity contribution in [1.29, 1.82) is 0 Å². The third-order valence-electron chi connectivity index (χ3n) is 2.56. The van der Waals surface area contributed by atoms with E-state index >= 15 is 0 Å². The van der Waals surface area contributed by atoms with Crippen LogP contribution in [0.25, 0.3) is 0 Å². The summed E-state index contributed by atoms with van der Waals surface area (Å²) in [7, 11) is 0. The van der Waals surface area contributed by atoms with Crippen LogP contribution < -0.4 is 10.1 Å². The molecule has 0 aliphatic carbocycles. The van der Waals surface area contributed by atoms with Crippen molar-refractivity contribution in [1.82, 2.24) is 10.3 Å². The monoisotopic (exact) mass is 252 g/mol. The zero-order valence-corrected chi connectivity index (χ0v) is 11.6. The summed E-state index contributed by atoms with van der Waals surface area (Å²) in [5.74, 6) is 0.794. The zero-order chi connectivity index (χ0) is 13.2. The topological polar surface area (TPSA) is 43.4 Å². The molecule has 1 aromatic heterocycles. The van der Waals surface area contributed by atoms with Crippen LogP contribution >= 0.6 is 0 Å². The van der Waals surface area contributed by atoms with E-state index in [0.29, 0.717) is 13.2 Å². The predicted molar refractivity (Wildman–Crippen MR) is 72.9 cm³/mol. The molecule has 0 saturated carbocycles. The summed E-state index contributed by atoms with van der Waals surface area (Å²) in [6.07, 6.45) is 2.81. The number of ether oxygens (including phenoxy) is 2. The lowest BCUT2D eigenvalue weighted by molar-refractivity contribution is 0.100. The van der Waals surface area contributed by atoms with Crippen LogP contribution in [0.2, 0.25) is 0 Å². The van der Waals surface area contributed by atoms with Crippen LogP contribution in [0.1, 0.15) is 38.9 Å². The predicted octanol–water partition coefficient (Wildman–Crippen LogP) is 2.56. The van der Waals surface area contributed by atoms with Crippen LogP contribution in [0.3, 0.4) is 0 Å². The fraction of sp³-hybridized carbons (Fsp3) is 0.643. The summed E-state index contributed by atoms with van der Waals surface area (Å²) in [6.45, 7) is 9.22. The zero-order valence-electron chi connectivity index (χ0n) is 11.6. The molecular weight excluding hydrogens is 228 g/mol. The Morgan fingerprint density at radius 3 is 2.67 bits per heavy atom. The first-order valence-corrected chi connectivity index (χ1v) is 6.67. The van der Waals surface area contributed by atoms with Gasteiger partial charge in [-0.15, -0.1) is 0 Å². The van der Waals surface area contributed by atoms with Crippen molar-refractivity contribution in [2.24, 2.45) is 0 Å². The van der Waals surface area contributed by atoms with E-state index in [1.807, 2.05) is 12.1 Å². The van der Waals surface area contributed by atoms with E-state index in [9.17, 15) is 0 Å². The second-order valence-electron chi connectivity index (χ2n) is 4.16. The summed E-state index contributed by atoms with van der Waals surface area (Å²) >= 11 is 0. The Labute approximate surface area is 110 Å². The van der Waals surface area contributed by atoms with Crippen LogP contribution in [0.4, 0.5) is 0 Å². The molecule has 0 radical (unpaired) electrons. The summed E-state index contributed by atoms with van der Waals surface area (Å²) in [4.78, 5) is 4.38. The number of hydrogen-bond donors (Lipinski definition) is 1. The highest BCUT2D eigenvalue weighted by molar-refractivity contribution is 5.21. The van der Waals surface area contributed by atoms with Crippen LogP contribution in [0, 0.1) is 0 Å². The molecular formula is C14H24N2O2. The number of nitrogens with zero attached hydrogens (tertiary/aromatic N) is 1. The number of nitrogens with one attached hydrogen (secondary N) is 1. The highest BCUT2D eigenvalue weighted by Crippen LogP contribution is 2.14. The first-order valence-electron chi connectivity index (χ1n) is 6.67. The van der Waals surface area contributed by atoms with Crippen molar-refractivity contribution in [3.8, 4) is 5.75 Å². The van der Waals surface area contributed by atoms with Gasteiger partial charge >= 0.3 is 0 Å². The Balaban J connectivity index is 2.31. The van der Waals surface area contributed by atoms with Gasteiger partial charge in [0.25, 0.3) is 0 Å². The molecule has 1 N–H and O–H groups in total. The molecule has 4 heteroatoms. The molecule has 18 heavy (non-hydrogen) atoms. The number of pyridine rings is 1. The molecule has 4 nitrogen and oxygen atoms in total. The molecule has 1 rings (SSSR count). The lowest BCUT2D eigenvalue weighted by Crippen LogP contribution is -2.18. The molecule has 1 atom stereocenters. The fourth-order valence-electron chi connectivity index (χ4n) is 1.61. The Bertz CT molecular complexity index is 314. The minimum atomic E-state index is 0.275. The molecule has 0 saturated heterocycles. The van der Waals surface area contributed by atoms with Crippen LogP contribution in [-0.4, -0.2) is 31.3 Å². The van der Waals surface area contributed by atoms with Gasteiger partial charge in [-0.2, -0.15) is 0 Å². The van der Waals surface area contributed by atoms with Gasteiger partial charge in [0.1, 0.15) is 12.4 Å². The Morgan fingerprint density at radius 1 is 1.22 bits per heavy atom. The maximum atomic E-state index is 5.54. The highest BCUT2D eigenvalue weighted by Gasteiger charge is 2.04. The lowest BCUT2D eigenvalue weighted by Gasteiger charge is -2.12. The minimum absolute atomic E-state index is 0.275. The highest BCUT2D eigenvalue weighted by atomic mass is 16.5. The van der Waals surface area contributed by atoms with Crippen molar-refractivity contribution in [2.75, 3.05) is 26.4 Å². The fourth-order valence-corrected chi connectivity index (χ4v) is 1.61. The van der Waals surface area contributed by atoms with Gasteiger partial charge in [-0.1, -0.05) is 13.8 Å². The van der Waals surface area contributed by atoms with Gasteiger partial charge in [0.05, 0.1) is 18.5 Å². The van der Waals surface area contributed by atoms with Gasteiger partial charge < -0.3 is 14.8 Å². The third kappa shape index (κ3) is 5.47. The first kappa shape index (κ1) is 14.9. The van der Waals surface area contributed by atoms with Crippen molar-refractivity contribution in [3.05, 3.63) is 24.0 Å². The van der Waals surface area contributed by atoms with Gasteiger partial charge in [0.2, 0.25) is 0 Å². The van der Waals surface area contributed by atoms with E-state index in [4.69, 9.17) is 9.47 Å². The van der Waals surface area contributed by atoms with Crippen molar-refractivity contribution in [2.45, 2.75) is 33.2 Å². The van der Waals surface area contributed by atoms with Gasteiger partial charge in [0.15, 0.2) is 0 Å². The summed E-state index contributed by atoms with van der Waals surface area (Å²) in [5, 5.41) is 3.32. The SMILES string of the molecule is CCCOCCOc1ccc(C(C)NCC)nc1. The summed E-state index contributed by atoms with van der Waals surface area (Å²) < 4.78 is 10.9. The van der Waals surface area contributed by atoms with Gasteiger partial charge in [-0.25, -0.2) is 0 Å². The van der Waals surface area contributed by atoms with Crippen LogP contribution in [0.5, 0.6) is 5.75 Å². The van der Waals surface area contributed by atoms with E-state index in [1.54, 1.807) is 6.20 Å². The first-order chi connectivity index (χ1) is 8.77. The van der Waals surface area contributed by atoms with Crippen molar-refractivity contribution < 1.29 is 9.47 Å². The molecule has 1 unspecified atom stereocenters. The molecule has 0 amide bonds.